The predicted octanol–water partition coefficient (Wildman–Crippen LogP) is 1.63. The van der Waals surface area contributed by atoms with E-state index in [1.165, 1.54) is 11.1 Å². The molecule has 1 heteroatoms. The van der Waals surface area contributed by atoms with Crippen LogP contribution >= 0.6 is 0 Å². The van der Waals surface area contributed by atoms with Crippen molar-refractivity contribution in [3.05, 3.63) is 34.9 Å². The van der Waals surface area contributed by atoms with Crippen molar-refractivity contribution in [1.29, 1.82) is 0 Å². The molecule has 4 bridgehead atoms. The van der Waals surface area contributed by atoms with E-state index in [9.17, 15) is 4.79 Å². The molecule has 0 aliphatic heterocycles. The zero-order chi connectivity index (χ0) is 7.59. The number of Topliss-reactive ketones (excluding diaryl/α,β-unsaturated/α-hetero) is 1. The van der Waals surface area contributed by atoms with Gasteiger partial charge in [-0.25, -0.2) is 0 Å². The monoisotopic (exact) mass is 144 g/mol. The standard InChI is InChI=1S/C10H8O/c1-5-2-3-6-8-4-7(5)9(6)10(8)11/h2-4,7,9H,1H3/t7-,9?/m0/s1. The average molecular weight is 144 g/mol. The molecule has 1 saturated carbocycles. The molecule has 0 aromatic rings. The molecule has 0 saturated heterocycles. The summed E-state index contributed by atoms with van der Waals surface area (Å²) in [6, 6.07) is 0. The Morgan fingerprint density at radius 2 is 2.18 bits per heavy atom. The van der Waals surface area contributed by atoms with Crippen molar-refractivity contribution >= 4 is 5.78 Å². The first kappa shape index (κ1) is 5.53. The first-order valence-corrected chi connectivity index (χ1v) is 3.94. The Hall–Kier alpha value is -1.11. The summed E-state index contributed by atoms with van der Waals surface area (Å²) in [5.74, 6) is 1.03. The van der Waals surface area contributed by atoms with Gasteiger partial charge in [0.1, 0.15) is 0 Å². The molecule has 54 valence electrons. The van der Waals surface area contributed by atoms with Crippen LogP contribution < -0.4 is 0 Å². The van der Waals surface area contributed by atoms with E-state index in [0.29, 0.717) is 11.7 Å². The lowest BCUT2D eigenvalue weighted by molar-refractivity contribution is -0.120. The molecule has 0 aromatic heterocycles. The van der Waals surface area contributed by atoms with Gasteiger partial charge < -0.3 is 0 Å². The number of hydrogen-bond acceptors (Lipinski definition) is 1. The van der Waals surface area contributed by atoms with E-state index in [1.54, 1.807) is 0 Å². The van der Waals surface area contributed by atoms with Gasteiger partial charge in [-0.2, -0.15) is 0 Å². The van der Waals surface area contributed by atoms with Crippen molar-refractivity contribution in [3.63, 3.8) is 0 Å². The molecule has 0 spiro atoms. The molecular weight excluding hydrogens is 136 g/mol. The molecule has 1 nitrogen and oxygen atoms in total. The first-order valence-electron chi connectivity index (χ1n) is 3.94. The van der Waals surface area contributed by atoms with Gasteiger partial charge in [0.15, 0.2) is 5.78 Å². The van der Waals surface area contributed by atoms with Gasteiger partial charge in [-0.15, -0.1) is 0 Å². The van der Waals surface area contributed by atoms with Crippen molar-refractivity contribution in [3.8, 4) is 0 Å². The highest BCUT2D eigenvalue weighted by molar-refractivity contribution is 6.15. The summed E-state index contributed by atoms with van der Waals surface area (Å²) in [6.07, 6.45) is 6.35. The van der Waals surface area contributed by atoms with Crippen LogP contribution in [0.1, 0.15) is 6.92 Å². The van der Waals surface area contributed by atoms with E-state index >= 15 is 0 Å². The van der Waals surface area contributed by atoms with Crippen LogP contribution in [0.2, 0.25) is 0 Å². The van der Waals surface area contributed by atoms with Gasteiger partial charge in [-0.05, 0) is 12.5 Å². The molecule has 4 aliphatic carbocycles. The van der Waals surface area contributed by atoms with Crippen LogP contribution in [0, 0.1) is 11.8 Å². The van der Waals surface area contributed by atoms with Crippen LogP contribution in [0.5, 0.6) is 0 Å². The summed E-state index contributed by atoms with van der Waals surface area (Å²) < 4.78 is 0. The lowest BCUT2D eigenvalue weighted by atomic mass is 9.72. The van der Waals surface area contributed by atoms with Gasteiger partial charge >= 0.3 is 0 Å². The van der Waals surface area contributed by atoms with Gasteiger partial charge in [0.2, 0.25) is 0 Å². The third-order valence-electron chi connectivity index (χ3n) is 2.95. The lowest BCUT2D eigenvalue weighted by Gasteiger charge is -2.29. The van der Waals surface area contributed by atoms with Crippen molar-refractivity contribution < 1.29 is 4.79 Å². The molecule has 2 atom stereocenters. The topological polar surface area (TPSA) is 17.1 Å². The van der Waals surface area contributed by atoms with E-state index in [0.717, 1.165) is 5.57 Å². The lowest BCUT2D eigenvalue weighted by Crippen LogP contribution is -2.31. The smallest absolute Gasteiger partial charge is 0.171 e. The van der Waals surface area contributed by atoms with Crippen LogP contribution in [-0.4, -0.2) is 5.78 Å². The Labute approximate surface area is 65.1 Å². The minimum absolute atomic E-state index is 0.231. The summed E-state index contributed by atoms with van der Waals surface area (Å²) in [4.78, 5) is 11.2. The Bertz CT molecular complexity index is 355. The fourth-order valence-electron chi connectivity index (χ4n) is 2.27. The Balaban J connectivity index is 2.25. The molecule has 0 heterocycles. The maximum Gasteiger partial charge on any atom is 0.171 e. The molecule has 0 amide bonds. The Kier molecular flexibility index (Phi) is 0.703. The molecule has 4 rings (SSSR count). The second-order valence-corrected chi connectivity index (χ2v) is 3.48. The summed E-state index contributed by atoms with van der Waals surface area (Å²) in [5.41, 5.74) is 3.61. The third-order valence-corrected chi connectivity index (χ3v) is 2.95. The third kappa shape index (κ3) is 0.415. The molecule has 11 heavy (non-hydrogen) atoms. The number of ketones is 1. The van der Waals surface area contributed by atoms with Crippen LogP contribution in [0.4, 0.5) is 0 Å². The minimum Gasteiger partial charge on any atom is -0.293 e. The van der Waals surface area contributed by atoms with Crippen LogP contribution in [-0.2, 0) is 4.79 Å². The first-order chi connectivity index (χ1) is 5.29. The maximum atomic E-state index is 11.2. The summed E-state index contributed by atoms with van der Waals surface area (Å²) in [5, 5.41) is 0. The highest BCUT2D eigenvalue weighted by Gasteiger charge is 2.51. The van der Waals surface area contributed by atoms with Crippen LogP contribution in [0.25, 0.3) is 0 Å². The van der Waals surface area contributed by atoms with E-state index in [4.69, 9.17) is 0 Å². The zero-order valence-electron chi connectivity index (χ0n) is 6.29. The Morgan fingerprint density at radius 3 is 2.91 bits per heavy atom. The second kappa shape index (κ2) is 1.40. The van der Waals surface area contributed by atoms with E-state index in [-0.39, 0.29) is 5.92 Å². The fourth-order valence-corrected chi connectivity index (χ4v) is 2.27. The average Bonchev–Trinajstić information content (AvgIpc) is 2.49. The predicted molar refractivity (Wildman–Crippen MR) is 41.9 cm³/mol. The van der Waals surface area contributed by atoms with Crippen LogP contribution in [0.15, 0.2) is 34.9 Å². The number of carbonyl (C=O) groups is 1. The number of carbonyl (C=O) groups excluding carboxylic acids is 1. The number of allylic oxidation sites excluding steroid dienone is 6. The van der Waals surface area contributed by atoms with E-state index in [1.807, 2.05) is 0 Å². The van der Waals surface area contributed by atoms with Gasteiger partial charge in [0.05, 0.1) is 5.92 Å². The maximum absolute atomic E-state index is 11.2. The van der Waals surface area contributed by atoms with Gasteiger partial charge in [-0.1, -0.05) is 23.8 Å². The van der Waals surface area contributed by atoms with E-state index < -0.39 is 0 Å². The summed E-state index contributed by atoms with van der Waals surface area (Å²) in [7, 11) is 0. The fraction of sp³-hybridized carbons (Fsp3) is 0.300. The summed E-state index contributed by atoms with van der Waals surface area (Å²) >= 11 is 0. The van der Waals surface area contributed by atoms with Crippen molar-refractivity contribution in [2.45, 2.75) is 6.92 Å². The highest BCUT2D eigenvalue weighted by atomic mass is 16.1. The van der Waals surface area contributed by atoms with Crippen molar-refractivity contribution in [2.24, 2.45) is 11.8 Å². The van der Waals surface area contributed by atoms with E-state index in [2.05, 4.69) is 25.2 Å². The molecule has 0 N–H and O–H groups in total. The van der Waals surface area contributed by atoms with Gasteiger partial charge in [0, 0.05) is 11.5 Å². The van der Waals surface area contributed by atoms with Gasteiger partial charge in [0.25, 0.3) is 0 Å². The molecular formula is C10H8O. The quantitative estimate of drug-likeness (QED) is 0.505. The van der Waals surface area contributed by atoms with Crippen molar-refractivity contribution in [1.82, 2.24) is 0 Å². The normalized spacial score (nSPS) is 37.5. The SMILES string of the molecule is CC1=CC=C2C3=C[C@@H]1C2C3=O. The number of hydrogen-bond donors (Lipinski definition) is 0. The second-order valence-electron chi connectivity index (χ2n) is 3.48. The number of rotatable bonds is 0. The zero-order valence-corrected chi connectivity index (χ0v) is 6.29. The molecule has 4 aliphatic rings. The molecule has 0 aromatic carbocycles. The highest BCUT2D eigenvalue weighted by Crippen LogP contribution is 2.53. The molecule has 0 radical (unpaired) electrons. The molecule has 1 fully saturated rings. The molecule has 1 unspecified atom stereocenters. The van der Waals surface area contributed by atoms with Gasteiger partial charge in [-0.3, -0.25) is 4.79 Å². The van der Waals surface area contributed by atoms with Crippen molar-refractivity contribution in [2.75, 3.05) is 0 Å². The summed E-state index contributed by atoms with van der Waals surface area (Å²) in [6.45, 7) is 2.10. The largest absolute Gasteiger partial charge is 0.293 e. The minimum atomic E-state index is 0.231. The van der Waals surface area contributed by atoms with Crippen LogP contribution in [0.3, 0.4) is 0 Å². The Morgan fingerprint density at radius 1 is 1.36 bits per heavy atom.